The lowest BCUT2D eigenvalue weighted by Gasteiger charge is -2.44. The maximum Gasteiger partial charge on any atom is 0.245 e. The number of benzene rings is 1. The standard InChI is InChI=1S/C40H67N5O5S/c1-12-24-51-33(26-35(47)41-22-21-30-18-15-14-16-19-30)32-20-17-23-45(32)40(7,13-2)34(46)25-31(50-11)27-44(10)39(49)36(28(3)4)42-38(48)37(29(5)6)43(8)9/h12,14-16,18-19,28-29,31-33,36-37H,1,13,17,20-27H2,2-11H3,(H,41,47)(H,42,48). The molecule has 0 saturated carbocycles. The van der Waals surface area contributed by atoms with Gasteiger partial charge in [-0.05, 0) is 70.6 Å². The summed E-state index contributed by atoms with van der Waals surface area (Å²) in [6.07, 6.45) is 5.11. The van der Waals surface area contributed by atoms with Gasteiger partial charge in [0, 0.05) is 57.1 Å². The van der Waals surface area contributed by atoms with Crippen molar-refractivity contribution in [1.82, 2.24) is 25.3 Å². The molecular formula is C40H67N5O5S. The highest BCUT2D eigenvalue weighted by Gasteiger charge is 2.46. The van der Waals surface area contributed by atoms with Crippen LogP contribution in [0.5, 0.6) is 0 Å². The van der Waals surface area contributed by atoms with Gasteiger partial charge < -0.3 is 20.3 Å². The molecule has 3 amide bonds. The van der Waals surface area contributed by atoms with Crippen molar-refractivity contribution in [3.05, 3.63) is 48.6 Å². The third-order valence-electron chi connectivity index (χ3n) is 10.3. The Labute approximate surface area is 312 Å². The van der Waals surface area contributed by atoms with Crippen molar-refractivity contribution in [3.8, 4) is 0 Å². The van der Waals surface area contributed by atoms with Crippen LogP contribution in [-0.4, -0.2) is 127 Å². The number of carbonyl (C=O) groups is 4. The fourth-order valence-electron chi connectivity index (χ4n) is 7.26. The van der Waals surface area contributed by atoms with Crippen LogP contribution >= 0.6 is 11.8 Å². The second-order valence-corrected chi connectivity index (χ2v) is 16.3. The van der Waals surface area contributed by atoms with Gasteiger partial charge in [-0.25, -0.2) is 0 Å². The van der Waals surface area contributed by atoms with Crippen LogP contribution in [0, 0.1) is 11.8 Å². The van der Waals surface area contributed by atoms with Gasteiger partial charge in [-0.15, -0.1) is 6.58 Å². The van der Waals surface area contributed by atoms with Gasteiger partial charge in [-0.3, -0.25) is 29.0 Å². The van der Waals surface area contributed by atoms with Crippen molar-refractivity contribution in [1.29, 1.82) is 0 Å². The van der Waals surface area contributed by atoms with Crippen LogP contribution in [0.3, 0.4) is 0 Å². The molecule has 51 heavy (non-hydrogen) atoms. The summed E-state index contributed by atoms with van der Waals surface area (Å²) in [7, 11) is 7.00. The average Bonchev–Trinajstić information content (AvgIpc) is 3.58. The topological polar surface area (TPSA) is 111 Å². The number of hydrogen-bond acceptors (Lipinski definition) is 8. The van der Waals surface area contributed by atoms with Crippen molar-refractivity contribution < 1.29 is 23.9 Å². The van der Waals surface area contributed by atoms with Gasteiger partial charge in [0.05, 0.1) is 17.7 Å². The number of thioether (sulfide) groups is 1. The van der Waals surface area contributed by atoms with E-state index in [0.29, 0.717) is 19.4 Å². The number of methoxy groups -OCH3 is 1. The van der Waals surface area contributed by atoms with Crippen LogP contribution in [0.2, 0.25) is 0 Å². The van der Waals surface area contributed by atoms with Crippen molar-refractivity contribution in [2.24, 2.45) is 11.8 Å². The number of ether oxygens (including phenoxy) is 1. The summed E-state index contributed by atoms with van der Waals surface area (Å²) in [4.78, 5) is 60.2. The molecule has 2 rings (SSSR count). The van der Waals surface area contributed by atoms with Crippen molar-refractivity contribution in [3.63, 3.8) is 0 Å². The molecule has 1 aliphatic heterocycles. The minimum atomic E-state index is -0.760. The maximum atomic E-state index is 14.3. The van der Waals surface area contributed by atoms with Crippen LogP contribution < -0.4 is 10.6 Å². The predicted molar refractivity (Wildman–Crippen MR) is 210 cm³/mol. The van der Waals surface area contributed by atoms with E-state index in [1.165, 1.54) is 5.56 Å². The van der Waals surface area contributed by atoms with Crippen LogP contribution in [-0.2, 0) is 30.3 Å². The molecule has 1 fully saturated rings. The number of ketones is 1. The van der Waals surface area contributed by atoms with Gasteiger partial charge in [0.25, 0.3) is 0 Å². The Kier molecular flexibility index (Phi) is 18.9. The third kappa shape index (κ3) is 13.0. The molecule has 1 aromatic carbocycles. The molecule has 1 aliphatic rings. The molecular weight excluding hydrogens is 663 g/mol. The largest absolute Gasteiger partial charge is 0.379 e. The number of carbonyl (C=O) groups excluding carboxylic acids is 4. The predicted octanol–water partition coefficient (Wildman–Crippen LogP) is 4.82. The monoisotopic (exact) mass is 729 g/mol. The molecule has 11 heteroatoms. The summed E-state index contributed by atoms with van der Waals surface area (Å²) in [5.74, 6) is 0.357. The summed E-state index contributed by atoms with van der Waals surface area (Å²) in [5.41, 5.74) is 0.426. The van der Waals surface area contributed by atoms with Crippen LogP contribution in [0.4, 0.5) is 0 Å². The van der Waals surface area contributed by atoms with E-state index in [9.17, 15) is 19.2 Å². The number of nitrogens with one attached hydrogen (secondary N) is 2. The number of likely N-dealkylation sites (N-methyl/N-ethyl adjacent to an activating group) is 2. The summed E-state index contributed by atoms with van der Waals surface area (Å²) >= 11 is 1.73. The molecule has 1 heterocycles. The highest BCUT2D eigenvalue weighted by Crippen LogP contribution is 2.37. The average molecular weight is 730 g/mol. The number of nitrogens with zero attached hydrogens (tertiary/aromatic N) is 3. The zero-order chi connectivity index (χ0) is 38.3. The van der Waals surface area contributed by atoms with E-state index in [2.05, 4.69) is 34.2 Å². The lowest BCUT2D eigenvalue weighted by atomic mass is 9.86. The molecule has 6 unspecified atom stereocenters. The molecule has 0 spiro atoms. The first-order valence-electron chi connectivity index (χ1n) is 18.7. The highest BCUT2D eigenvalue weighted by atomic mass is 32.2. The lowest BCUT2D eigenvalue weighted by Crippen LogP contribution is -2.58. The molecule has 0 aliphatic carbocycles. The number of hydrogen-bond donors (Lipinski definition) is 2. The first-order chi connectivity index (χ1) is 24.1. The van der Waals surface area contributed by atoms with Gasteiger partial charge >= 0.3 is 0 Å². The summed E-state index contributed by atoms with van der Waals surface area (Å²) < 4.78 is 5.82. The second-order valence-electron chi connectivity index (χ2n) is 15.1. The molecule has 0 bridgehead atoms. The summed E-state index contributed by atoms with van der Waals surface area (Å²) in [5, 5.41) is 6.13. The van der Waals surface area contributed by atoms with Crippen molar-refractivity contribution in [2.45, 2.75) is 115 Å². The van der Waals surface area contributed by atoms with Crippen molar-refractivity contribution >= 4 is 35.3 Å². The Morgan fingerprint density at radius 2 is 1.75 bits per heavy atom. The Bertz CT molecular complexity index is 1250. The van der Waals surface area contributed by atoms with E-state index >= 15 is 0 Å². The maximum absolute atomic E-state index is 14.3. The molecule has 0 aromatic heterocycles. The Hall–Kier alpha value is -2.73. The minimum absolute atomic E-state index is 0.00819. The number of Topliss-reactive ketones (excluding diaryl/α,β-unsaturated/α-hetero) is 1. The number of rotatable bonds is 23. The summed E-state index contributed by atoms with van der Waals surface area (Å²) in [6.45, 7) is 17.4. The Morgan fingerprint density at radius 1 is 1.08 bits per heavy atom. The van der Waals surface area contributed by atoms with Crippen LogP contribution in [0.1, 0.15) is 79.2 Å². The molecule has 10 nitrogen and oxygen atoms in total. The van der Waals surface area contributed by atoms with Gasteiger partial charge in [0.2, 0.25) is 17.7 Å². The number of amides is 3. The quantitative estimate of drug-likeness (QED) is 0.155. The van der Waals surface area contributed by atoms with Gasteiger partial charge in [-0.2, -0.15) is 11.8 Å². The van der Waals surface area contributed by atoms with E-state index in [4.69, 9.17) is 4.74 Å². The van der Waals surface area contributed by atoms with Gasteiger partial charge in [0.15, 0.2) is 5.78 Å². The van der Waals surface area contributed by atoms with E-state index in [0.717, 1.165) is 31.6 Å². The molecule has 1 saturated heterocycles. The van der Waals surface area contributed by atoms with E-state index in [1.807, 2.05) is 84.8 Å². The zero-order valence-corrected chi connectivity index (χ0v) is 33.9. The van der Waals surface area contributed by atoms with Crippen LogP contribution in [0.15, 0.2) is 43.0 Å². The minimum Gasteiger partial charge on any atom is -0.379 e. The van der Waals surface area contributed by atoms with Crippen LogP contribution in [0.25, 0.3) is 0 Å². The highest BCUT2D eigenvalue weighted by molar-refractivity contribution is 8.00. The number of likely N-dealkylation sites (tertiary alicyclic amines) is 1. The Morgan fingerprint density at radius 3 is 2.29 bits per heavy atom. The molecule has 288 valence electrons. The van der Waals surface area contributed by atoms with Crippen molar-refractivity contribution in [2.75, 3.05) is 53.6 Å². The molecule has 2 N–H and O–H groups in total. The fourth-order valence-corrected chi connectivity index (χ4v) is 8.42. The molecule has 6 atom stereocenters. The Balaban J connectivity index is 2.14. The van der Waals surface area contributed by atoms with Gasteiger partial charge in [-0.1, -0.05) is 71.0 Å². The second kappa shape index (κ2) is 21.7. The molecule has 0 radical (unpaired) electrons. The zero-order valence-electron chi connectivity index (χ0n) is 33.1. The third-order valence-corrected chi connectivity index (χ3v) is 11.7. The first kappa shape index (κ1) is 44.4. The fraction of sp³-hybridized carbons (Fsp3) is 0.700. The SMILES string of the molecule is C=CCSC(CC(=O)NCCc1ccccc1)C1CCCN1C(C)(CC)C(=O)CC(CN(C)C(=O)C(NC(=O)C(C(C)C)N(C)C)C(C)C)OC. The van der Waals surface area contributed by atoms with E-state index in [-0.39, 0.29) is 65.6 Å². The van der Waals surface area contributed by atoms with Gasteiger partial charge in [0.1, 0.15) is 6.04 Å². The van der Waals surface area contributed by atoms with E-state index in [1.54, 1.807) is 30.8 Å². The molecule has 1 aromatic rings. The lowest BCUT2D eigenvalue weighted by molar-refractivity contribution is -0.141. The first-order valence-corrected chi connectivity index (χ1v) is 19.7. The smallest absolute Gasteiger partial charge is 0.245 e. The normalized spacial score (nSPS) is 18.6. The summed E-state index contributed by atoms with van der Waals surface area (Å²) in [6, 6.07) is 9.12. The van der Waals surface area contributed by atoms with E-state index < -0.39 is 17.7 Å².